The Balaban J connectivity index is 2.06. The summed E-state index contributed by atoms with van der Waals surface area (Å²) in [4.78, 5) is 0. The molecule has 106 valence electrons. The molecule has 0 saturated carbocycles. The molecule has 19 heavy (non-hydrogen) atoms. The summed E-state index contributed by atoms with van der Waals surface area (Å²) in [5.41, 5.74) is -0.582. The van der Waals surface area contributed by atoms with Crippen LogP contribution in [-0.2, 0) is 10.9 Å². The topological polar surface area (TPSA) is 33.3 Å². The number of rotatable bonds is 3. The summed E-state index contributed by atoms with van der Waals surface area (Å²) in [6.45, 7) is 2.26. The van der Waals surface area contributed by atoms with Crippen molar-refractivity contribution in [3.63, 3.8) is 0 Å². The van der Waals surface area contributed by atoms with Crippen molar-refractivity contribution >= 4 is 21.6 Å². The normalized spacial score (nSPS) is 20.3. The quantitative estimate of drug-likeness (QED) is 0.889. The lowest BCUT2D eigenvalue weighted by Gasteiger charge is -2.25. The van der Waals surface area contributed by atoms with E-state index in [-0.39, 0.29) is 11.7 Å². The lowest BCUT2D eigenvalue weighted by atomic mass is 10.1. The largest absolute Gasteiger partial charge is 0.418 e. The van der Waals surface area contributed by atoms with Crippen LogP contribution in [0.15, 0.2) is 22.7 Å². The first kappa shape index (κ1) is 14.6. The van der Waals surface area contributed by atoms with Crippen molar-refractivity contribution in [3.8, 4) is 0 Å². The third-order valence-corrected chi connectivity index (χ3v) is 3.32. The molecule has 0 spiro atoms. The van der Waals surface area contributed by atoms with Gasteiger partial charge in [0, 0.05) is 29.3 Å². The standard InChI is InChI=1S/C12H14BrF3N2O/c13-8-1-2-11(10(5-8)12(14,15)16)18-6-9-7-19-4-3-17-9/h1-2,5,9,17-18H,3-4,6-7H2. The zero-order valence-corrected chi connectivity index (χ0v) is 11.6. The van der Waals surface area contributed by atoms with E-state index in [1.54, 1.807) is 6.07 Å². The highest BCUT2D eigenvalue weighted by atomic mass is 79.9. The van der Waals surface area contributed by atoms with Gasteiger partial charge in [-0.2, -0.15) is 13.2 Å². The Labute approximate surface area is 117 Å². The number of benzene rings is 1. The monoisotopic (exact) mass is 338 g/mol. The second kappa shape index (κ2) is 6.11. The van der Waals surface area contributed by atoms with Gasteiger partial charge in [-0.25, -0.2) is 0 Å². The van der Waals surface area contributed by atoms with E-state index in [1.807, 2.05) is 0 Å². The van der Waals surface area contributed by atoms with Gasteiger partial charge >= 0.3 is 6.18 Å². The minimum absolute atomic E-state index is 0.0264. The third-order valence-electron chi connectivity index (χ3n) is 2.82. The van der Waals surface area contributed by atoms with E-state index in [4.69, 9.17) is 4.74 Å². The summed E-state index contributed by atoms with van der Waals surface area (Å²) in [6.07, 6.45) is -4.37. The van der Waals surface area contributed by atoms with Crippen molar-refractivity contribution in [1.82, 2.24) is 5.32 Å². The van der Waals surface area contributed by atoms with Crippen LogP contribution in [0.4, 0.5) is 18.9 Å². The van der Waals surface area contributed by atoms with Crippen molar-refractivity contribution in [2.24, 2.45) is 0 Å². The maximum atomic E-state index is 12.9. The molecule has 1 saturated heterocycles. The van der Waals surface area contributed by atoms with Gasteiger partial charge in [0.15, 0.2) is 0 Å². The van der Waals surface area contributed by atoms with Gasteiger partial charge in [0.1, 0.15) is 0 Å². The molecule has 1 aromatic carbocycles. The van der Waals surface area contributed by atoms with Crippen molar-refractivity contribution in [1.29, 1.82) is 0 Å². The number of nitrogens with one attached hydrogen (secondary N) is 2. The third kappa shape index (κ3) is 4.09. The van der Waals surface area contributed by atoms with Gasteiger partial charge in [0.2, 0.25) is 0 Å². The Morgan fingerprint density at radius 2 is 2.21 bits per heavy atom. The van der Waals surface area contributed by atoms with Crippen LogP contribution in [-0.4, -0.2) is 32.3 Å². The number of halogens is 4. The highest BCUT2D eigenvalue weighted by Crippen LogP contribution is 2.36. The first-order valence-electron chi connectivity index (χ1n) is 5.88. The van der Waals surface area contributed by atoms with Crippen molar-refractivity contribution < 1.29 is 17.9 Å². The lowest BCUT2D eigenvalue weighted by molar-refractivity contribution is -0.137. The van der Waals surface area contributed by atoms with E-state index in [0.29, 0.717) is 24.2 Å². The Morgan fingerprint density at radius 1 is 1.42 bits per heavy atom. The van der Waals surface area contributed by atoms with E-state index in [2.05, 4.69) is 26.6 Å². The van der Waals surface area contributed by atoms with Gasteiger partial charge in [-0.1, -0.05) is 15.9 Å². The molecule has 0 amide bonds. The van der Waals surface area contributed by atoms with Crippen LogP contribution >= 0.6 is 15.9 Å². The molecule has 2 rings (SSSR count). The summed E-state index contributed by atoms with van der Waals surface area (Å²) in [6, 6.07) is 4.12. The number of alkyl halides is 3. The highest BCUT2D eigenvalue weighted by Gasteiger charge is 2.33. The zero-order valence-electron chi connectivity index (χ0n) is 10.1. The van der Waals surface area contributed by atoms with E-state index >= 15 is 0 Å². The first-order valence-corrected chi connectivity index (χ1v) is 6.68. The van der Waals surface area contributed by atoms with Crippen LogP contribution in [0.2, 0.25) is 0 Å². The molecule has 1 unspecified atom stereocenters. The molecule has 0 aromatic heterocycles. The van der Waals surface area contributed by atoms with Crippen LogP contribution in [0.25, 0.3) is 0 Å². The maximum Gasteiger partial charge on any atom is 0.418 e. The summed E-state index contributed by atoms with van der Waals surface area (Å²) in [7, 11) is 0. The molecule has 7 heteroatoms. The molecule has 0 bridgehead atoms. The van der Waals surface area contributed by atoms with Crippen LogP contribution in [0.3, 0.4) is 0 Å². The van der Waals surface area contributed by atoms with E-state index in [9.17, 15) is 13.2 Å². The average Bonchev–Trinajstić information content (AvgIpc) is 2.37. The van der Waals surface area contributed by atoms with Gasteiger partial charge in [-0.15, -0.1) is 0 Å². The molecular weight excluding hydrogens is 325 g/mol. The molecule has 3 nitrogen and oxygen atoms in total. The minimum atomic E-state index is -4.37. The predicted octanol–water partition coefficient (Wildman–Crippen LogP) is 2.87. The average molecular weight is 339 g/mol. The second-order valence-corrected chi connectivity index (χ2v) is 5.21. The SMILES string of the molecule is FC(F)(F)c1cc(Br)ccc1NCC1COCCN1. The van der Waals surface area contributed by atoms with Crippen molar-refractivity contribution in [3.05, 3.63) is 28.2 Å². The summed E-state index contributed by atoms with van der Waals surface area (Å²) in [5, 5.41) is 6.01. The highest BCUT2D eigenvalue weighted by molar-refractivity contribution is 9.10. The van der Waals surface area contributed by atoms with E-state index in [0.717, 1.165) is 12.6 Å². The number of morpholine rings is 1. The fourth-order valence-electron chi connectivity index (χ4n) is 1.89. The molecule has 0 aliphatic carbocycles. The fourth-order valence-corrected chi connectivity index (χ4v) is 2.25. The lowest BCUT2D eigenvalue weighted by Crippen LogP contribution is -2.45. The molecular formula is C12H14BrF3N2O. The summed E-state index contributed by atoms with van der Waals surface area (Å²) in [5.74, 6) is 0. The number of ether oxygens (including phenoxy) is 1. The number of anilines is 1. The summed E-state index contributed by atoms with van der Waals surface area (Å²) < 4.78 is 44.3. The van der Waals surface area contributed by atoms with Crippen LogP contribution in [0, 0.1) is 0 Å². The molecule has 1 aromatic rings. The Morgan fingerprint density at radius 3 is 2.84 bits per heavy atom. The second-order valence-electron chi connectivity index (χ2n) is 4.29. The van der Waals surface area contributed by atoms with Gasteiger partial charge in [-0.05, 0) is 18.2 Å². The van der Waals surface area contributed by atoms with E-state index in [1.165, 1.54) is 6.07 Å². The van der Waals surface area contributed by atoms with Gasteiger partial charge in [0.25, 0.3) is 0 Å². The minimum Gasteiger partial charge on any atom is -0.383 e. The number of hydrogen-bond acceptors (Lipinski definition) is 3. The Kier molecular flexibility index (Phi) is 4.70. The van der Waals surface area contributed by atoms with Gasteiger partial charge in [-0.3, -0.25) is 0 Å². The first-order chi connectivity index (χ1) is 8.97. The maximum absolute atomic E-state index is 12.9. The predicted molar refractivity (Wildman–Crippen MR) is 70.2 cm³/mol. The Bertz CT molecular complexity index is 433. The summed E-state index contributed by atoms with van der Waals surface area (Å²) >= 11 is 3.06. The van der Waals surface area contributed by atoms with Crippen molar-refractivity contribution in [2.75, 3.05) is 31.6 Å². The molecule has 1 aliphatic rings. The Hall–Kier alpha value is -0.790. The molecule has 0 radical (unpaired) electrons. The molecule has 1 heterocycles. The fraction of sp³-hybridized carbons (Fsp3) is 0.500. The smallest absolute Gasteiger partial charge is 0.383 e. The van der Waals surface area contributed by atoms with E-state index < -0.39 is 11.7 Å². The van der Waals surface area contributed by atoms with Gasteiger partial charge in [0.05, 0.1) is 18.8 Å². The van der Waals surface area contributed by atoms with Gasteiger partial charge < -0.3 is 15.4 Å². The van der Waals surface area contributed by atoms with Crippen molar-refractivity contribution in [2.45, 2.75) is 12.2 Å². The molecule has 1 atom stereocenters. The molecule has 2 N–H and O–H groups in total. The molecule has 1 aliphatic heterocycles. The van der Waals surface area contributed by atoms with Crippen LogP contribution in [0.5, 0.6) is 0 Å². The zero-order chi connectivity index (χ0) is 13.9. The molecule has 1 fully saturated rings. The van der Waals surface area contributed by atoms with Crippen LogP contribution < -0.4 is 10.6 Å². The number of hydrogen-bond donors (Lipinski definition) is 2. The van der Waals surface area contributed by atoms with Crippen LogP contribution in [0.1, 0.15) is 5.56 Å².